The Morgan fingerprint density at radius 3 is 2.52 bits per heavy atom. The lowest BCUT2D eigenvalue weighted by atomic mass is 10.3. The Bertz CT molecular complexity index is 610. The largest absolute Gasteiger partial charge is 0.497 e. The number of thiazole rings is 1. The van der Waals surface area contributed by atoms with Gasteiger partial charge in [0.25, 0.3) is 0 Å². The second-order valence-corrected chi connectivity index (χ2v) is 5.58. The molecule has 114 valence electrons. The summed E-state index contributed by atoms with van der Waals surface area (Å²) in [5.74, 6) is 1.20. The van der Waals surface area contributed by atoms with Gasteiger partial charge in [-0.2, -0.15) is 0 Å². The first kappa shape index (κ1) is 17.7. The minimum atomic E-state index is 0. The van der Waals surface area contributed by atoms with Crippen molar-refractivity contribution in [1.82, 2.24) is 4.98 Å². The number of guanidine groups is 1. The van der Waals surface area contributed by atoms with Crippen molar-refractivity contribution in [3.05, 3.63) is 39.8 Å². The molecule has 0 saturated heterocycles. The van der Waals surface area contributed by atoms with E-state index in [1.165, 1.54) is 0 Å². The number of hydrogen-bond donors (Lipinski definition) is 2. The van der Waals surface area contributed by atoms with Gasteiger partial charge in [-0.15, -0.1) is 35.3 Å². The van der Waals surface area contributed by atoms with E-state index in [2.05, 4.69) is 15.3 Å². The maximum atomic E-state index is 5.87. The van der Waals surface area contributed by atoms with E-state index in [-0.39, 0.29) is 24.0 Å². The number of aryl methyl sites for hydroxylation is 2. The van der Waals surface area contributed by atoms with Crippen LogP contribution in [0.3, 0.4) is 0 Å². The molecule has 0 aliphatic carbocycles. The van der Waals surface area contributed by atoms with Gasteiger partial charge in [0.05, 0.1) is 24.4 Å². The molecule has 2 rings (SSSR count). The van der Waals surface area contributed by atoms with E-state index in [1.54, 1.807) is 18.4 Å². The van der Waals surface area contributed by atoms with Crippen LogP contribution in [0.25, 0.3) is 0 Å². The summed E-state index contributed by atoms with van der Waals surface area (Å²) < 4.78 is 5.10. The van der Waals surface area contributed by atoms with Crippen LogP contribution in [-0.4, -0.2) is 18.1 Å². The number of benzene rings is 1. The van der Waals surface area contributed by atoms with Crippen molar-refractivity contribution in [2.75, 3.05) is 12.4 Å². The molecule has 3 N–H and O–H groups in total. The molecule has 1 aromatic heterocycles. The summed E-state index contributed by atoms with van der Waals surface area (Å²) in [4.78, 5) is 9.84. The normalized spacial score (nSPS) is 10.9. The highest BCUT2D eigenvalue weighted by Gasteiger charge is 2.04. The number of anilines is 1. The molecule has 5 nitrogen and oxygen atoms in total. The molecule has 1 heterocycles. The fourth-order valence-electron chi connectivity index (χ4n) is 1.74. The molecule has 0 atom stereocenters. The SMILES string of the molecule is COc1ccc(NC(N)=NCc2sc(C)nc2C)cc1.I. The molecule has 2 aromatic rings. The van der Waals surface area contributed by atoms with Crippen molar-refractivity contribution in [3.63, 3.8) is 0 Å². The van der Waals surface area contributed by atoms with Crippen LogP contribution in [0.1, 0.15) is 15.6 Å². The standard InChI is InChI=1S/C14H18N4OS.HI/c1-9-13(20-10(2)17-9)8-16-14(15)18-11-4-6-12(19-3)7-5-11;/h4-7H,8H2,1-3H3,(H3,15,16,18);1H. The topological polar surface area (TPSA) is 72.5 Å². The molecule has 0 unspecified atom stereocenters. The van der Waals surface area contributed by atoms with Crippen molar-refractivity contribution in [2.24, 2.45) is 10.7 Å². The monoisotopic (exact) mass is 418 g/mol. The van der Waals surface area contributed by atoms with Crippen LogP contribution in [0.15, 0.2) is 29.3 Å². The quantitative estimate of drug-likeness (QED) is 0.454. The van der Waals surface area contributed by atoms with Gasteiger partial charge in [-0.05, 0) is 38.1 Å². The van der Waals surface area contributed by atoms with Gasteiger partial charge >= 0.3 is 0 Å². The molecule has 0 aliphatic rings. The van der Waals surface area contributed by atoms with Gasteiger partial charge in [-0.3, -0.25) is 0 Å². The number of ether oxygens (including phenoxy) is 1. The Labute approximate surface area is 145 Å². The molecular weight excluding hydrogens is 399 g/mol. The maximum absolute atomic E-state index is 5.87. The second kappa shape index (κ2) is 8.18. The van der Waals surface area contributed by atoms with Crippen molar-refractivity contribution >= 4 is 47.0 Å². The Hall–Kier alpha value is -1.35. The minimum absolute atomic E-state index is 0. The van der Waals surface area contributed by atoms with Gasteiger partial charge in [0.15, 0.2) is 5.96 Å². The lowest BCUT2D eigenvalue weighted by Gasteiger charge is -2.06. The fourth-order valence-corrected chi connectivity index (χ4v) is 2.60. The Kier molecular flexibility index (Phi) is 6.90. The number of nitrogens with two attached hydrogens (primary N) is 1. The van der Waals surface area contributed by atoms with Crippen LogP contribution in [-0.2, 0) is 6.54 Å². The molecule has 0 saturated carbocycles. The lowest BCUT2D eigenvalue weighted by molar-refractivity contribution is 0.415. The van der Waals surface area contributed by atoms with Crippen LogP contribution >= 0.6 is 35.3 Å². The van der Waals surface area contributed by atoms with E-state index in [4.69, 9.17) is 10.5 Å². The van der Waals surface area contributed by atoms with Crippen molar-refractivity contribution in [3.8, 4) is 5.75 Å². The number of nitrogens with one attached hydrogen (secondary N) is 1. The third-order valence-corrected chi connectivity index (χ3v) is 3.81. The third-order valence-electron chi connectivity index (χ3n) is 2.76. The summed E-state index contributed by atoms with van der Waals surface area (Å²) in [5, 5.41) is 4.10. The van der Waals surface area contributed by atoms with E-state index >= 15 is 0 Å². The zero-order chi connectivity index (χ0) is 14.5. The second-order valence-electron chi connectivity index (χ2n) is 4.30. The fraction of sp³-hybridized carbons (Fsp3) is 0.286. The Morgan fingerprint density at radius 2 is 2.00 bits per heavy atom. The van der Waals surface area contributed by atoms with Crippen molar-refractivity contribution < 1.29 is 4.74 Å². The van der Waals surface area contributed by atoms with E-state index in [0.717, 1.165) is 27.0 Å². The number of methoxy groups -OCH3 is 1. The van der Waals surface area contributed by atoms with Gasteiger partial charge < -0.3 is 15.8 Å². The van der Waals surface area contributed by atoms with Crippen molar-refractivity contribution in [1.29, 1.82) is 0 Å². The summed E-state index contributed by atoms with van der Waals surface area (Å²) in [6.45, 7) is 4.53. The van der Waals surface area contributed by atoms with Gasteiger partial charge in [-0.1, -0.05) is 0 Å². The number of hydrogen-bond acceptors (Lipinski definition) is 4. The zero-order valence-corrected chi connectivity index (χ0v) is 15.4. The van der Waals surface area contributed by atoms with Crippen LogP contribution in [0.5, 0.6) is 5.75 Å². The molecule has 0 amide bonds. The predicted octanol–water partition coefficient (Wildman–Crippen LogP) is 3.31. The van der Waals surface area contributed by atoms with E-state index in [9.17, 15) is 0 Å². The van der Waals surface area contributed by atoms with Crippen LogP contribution in [0.2, 0.25) is 0 Å². The molecule has 0 fully saturated rings. The summed E-state index contributed by atoms with van der Waals surface area (Å²) >= 11 is 1.65. The first-order chi connectivity index (χ1) is 9.58. The van der Waals surface area contributed by atoms with E-state index < -0.39 is 0 Å². The first-order valence-corrected chi connectivity index (χ1v) is 7.04. The average molecular weight is 418 g/mol. The molecule has 1 aromatic carbocycles. The number of aliphatic imine (C=N–C) groups is 1. The van der Waals surface area contributed by atoms with Crippen molar-refractivity contribution in [2.45, 2.75) is 20.4 Å². The molecule has 0 bridgehead atoms. The highest BCUT2D eigenvalue weighted by atomic mass is 127. The zero-order valence-electron chi connectivity index (χ0n) is 12.2. The molecule has 21 heavy (non-hydrogen) atoms. The number of aromatic nitrogens is 1. The highest BCUT2D eigenvalue weighted by Crippen LogP contribution is 2.18. The third kappa shape index (κ3) is 5.16. The van der Waals surface area contributed by atoms with Crippen LogP contribution in [0, 0.1) is 13.8 Å². The molecule has 0 radical (unpaired) electrons. The molecule has 0 aliphatic heterocycles. The first-order valence-electron chi connectivity index (χ1n) is 6.22. The minimum Gasteiger partial charge on any atom is -0.497 e. The Balaban J connectivity index is 0.00000220. The van der Waals surface area contributed by atoms with E-state index in [1.807, 2.05) is 38.1 Å². The van der Waals surface area contributed by atoms with Gasteiger partial charge in [0.2, 0.25) is 0 Å². The maximum Gasteiger partial charge on any atom is 0.193 e. The number of rotatable bonds is 4. The average Bonchev–Trinajstić information content (AvgIpc) is 2.75. The summed E-state index contributed by atoms with van der Waals surface area (Å²) in [7, 11) is 1.64. The summed E-state index contributed by atoms with van der Waals surface area (Å²) in [5.41, 5.74) is 7.77. The van der Waals surface area contributed by atoms with Crippen LogP contribution < -0.4 is 15.8 Å². The highest BCUT2D eigenvalue weighted by molar-refractivity contribution is 14.0. The van der Waals surface area contributed by atoms with E-state index in [0.29, 0.717) is 12.5 Å². The Morgan fingerprint density at radius 1 is 1.33 bits per heavy atom. The predicted molar refractivity (Wildman–Crippen MR) is 98.9 cm³/mol. The van der Waals surface area contributed by atoms with Crippen LogP contribution in [0.4, 0.5) is 5.69 Å². The van der Waals surface area contributed by atoms with Gasteiger partial charge in [0.1, 0.15) is 5.75 Å². The van der Waals surface area contributed by atoms with Gasteiger partial charge in [-0.25, -0.2) is 9.98 Å². The lowest BCUT2D eigenvalue weighted by Crippen LogP contribution is -2.22. The molecular formula is C14H19IN4OS. The number of nitrogens with zero attached hydrogens (tertiary/aromatic N) is 2. The molecule has 0 spiro atoms. The summed E-state index contributed by atoms with van der Waals surface area (Å²) in [6, 6.07) is 7.52. The molecule has 7 heteroatoms. The van der Waals surface area contributed by atoms with Gasteiger partial charge in [0, 0.05) is 10.6 Å². The smallest absolute Gasteiger partial charge is 0.193 e. The number of halogens is 1. The summed E-state index contributed by atoms with van der Waals surface area (Å²) in [6.07, 6.45) is 0.